The van der Waals surface area contributed by atoms with E-state index in [4.69, 9.17) is 16.7 Å². The van der Waals surface area contributed by atoms with Crippen LogP contribution < -0.4 is 5.32 Å². The number of amides is 1. The number of carboxylic acids is 1. The van der Waals surface area contributed by atoms with Crippen molar-refractivity contribution in [1.82, 2.24) is 9.78 Å². The molecule has 2 aromatic heterocycles. The van der Waals surface area contributed by atoms with Crippen LogP contribution in [0, 0.1) is 5.41 Å². The Labute approximate surface area is 164 Å². The molecule has 1 aliphatic rings. The van der Waals surface area contributed by atoms with Crippen molar-refractivity contribution in [2.75, 3.05) is 5.32 Å². The van der Waals surface area contributed by atoms with E-state index >= 15 is 0 Å². The van der Waals surface area contributed by atoms with E-state index in [2.05, 4.69) is 19.2 Å². The molecule has 2 N–H and O–H groups in total. The first-order valence-electron chi connectivity index (χ1n) is 8.65. The maximum Gasteiger partial charge on any atom is 0.319 e. The molecule has 1 amide bonds. The highest BCUT2D eigenvalue weighted by Crippen LogP contribution is 2.47. The fraction of sp³-hybridized carbons (Fsp3) is 0.316. The molecule has 0 atom stereocenters. The molecule has 27 heavy (non-hydrogen) atoms. The number of carboxylic acid groups (broad SMARTS) is 1. The van der Waals surface area contributed by atoms with Crippen molar-refractivity contribution in [3.63, 3.8) is 0 Å². The number of hydrogen-bond donors (Lipinski definition) is 2. The summed E-state index contributed by atoms with van der Waals surface area (Å²) in [4.78, 5) is 24.7. The Hall–Kier alpha value is -2.38. The van der Waals surface area contributed by atoms with Crippen molar-refractivity contribution in [3.8, 4) is 10.6 Å². The summed E-state index contributed by atoms with van der Waals surface area (Å²) in [5.41, 5.74) is 1.03. The molecule has 0 aliphatic heterocycles. The largest absolute Gasteiger partial charge is 0.480 e. The normalized spacial score (nSPS) is 15.3. The summed E-state index contributed by atoms with van der Waals surface area (Å²) >= 11 is 7.53. The highest BCUT2D eigenvalue weighted by molar-refractivity contribution is 7.19. The summed E-state index contributed by atoms with van der Waals surface area (Å²) < 4.78 is 2.61. The number of halogens is 1. The Kier molecular flexibility index (Phi) is 4.24. The summed E-state index contributed by atoms with van der Waals surface area (Å²) in [6, 6.07) is 9.45. The van der Waals surface area contributed by atoms with Crippen LogP contribution in [0.25, 0.3) is 21.5 Å². The van der Waals surface area contributed by atoms with Gasteiger partial charge in [0.25, 0.3) is 0 Å². The first kappa shape index (κ1) is 18.0. The van der Waals surface area contributed by atoms with Crippen molar-refractivity contribution in [1.29, 1.82) is 0 Å². The number of aromatic nitrogens is 2. The molecule has 0 bridgehead atoms. The zero-order valence-electron chi connectivity index (χ0n) is 14.8. The molecule has 140 valence electrons. The third-order valence-electron chi connectivity index (χ3n) is 4.85. The highest BCUT2D eigenvalue weighted by Gasteiger charge is 2.57. The van der Waals surface area contributed by atoms with Crippen LogP contribution in [0.1, 0.15) is 32.7 Å². The topological polar surface area (TPSA) is 84.2 Å². The first-order valence-corrected chi connectivity index (χ1v) is 9.84. The molecule has 1 aliphatic carbocycles. The summed E-state index contributed by atoms with van der Waals surface area (Å²) in [6.45, 7) is 4.11. The van der Waals surface area contributed by atoms with Crippen molar-refractivity contribution < 1.29 is 14.7 Å². The Morgan fingerprint density at radius 2 is 2.04 bits per heavy atom. The van der Waals surface area contributed by atoms with Crippen molar-refractivity contribution in [2.24, 2.45) is 5.41 Å². The lowest BCUT2D eigenvalue weighted by Crippen LogP contribution is -2.31. The van der Waals surface area contributed by atoms with Gasteiger partial charge in [-0.25, -0.2) is 0 Å². The molecule has 4 rings (SSSR count). The van der Waals surface area contributed by atoms with Crippen LogP contribution in [0.4, 0.5) is 5.69 Å². The maximum absolute atomic E-state index is 12.4. The number of carbonyl (C=O) groups is 2. The van der Waals surface area contributed by atoms with Crippen LogP contribution in [-0.2, 0) is 9.59 Å². The van der Waals surface area contributed by atoms with Gasteiger partial charge in [-0.05, 0) is 57.0 Å². The predicted octanol–water partition coefficient (Wildman–Crippen LogP) is 4.80. The lowest BCUT2D eigenvalue weighted by molar-refractivity contribution is -0.147. The van der Waals surface area contributed by atoms with E-state index in [-0.39, 0.29) is 6.04 Å². The quantitative estimate of drug-likeness (QED) is 0.599. The van der Waals surface area contributed by atoms with E-state index in [0.29, 0.717) is 22.9 Å². The van der Waals surface area contributed by atoms with E-state index < -0.39 is 17.3 Å². The molecule has 1 fully saturated rings. The molecule has 8 heteroatoms. The van der Waals surface area contributed by atoms with E-state index in [1.165, 1.54) is 11.3 Å². The Morgan fingerprint density at radius 3 is 2.59 bits per heavy atom. The van der Waals surface area contributed by atoms with E-state index in [1.807, 2.05) is 28.9 Å². The molecule has 6 nitrogen and oxygen atoms in total. The van der Waals surface area contributed by atoms with Gasteiger partial charge in [-0.1, -0.05) is 11.6 Å². The van der Waals surface area contributed by atoms with Gasteiger partial charge in [-0.3, -0.25) is 14.3 Å². The zero-order valence-corrected chi connectivity index (χ0v) is 16.4. The summed E-state index contributed by atoms with van der Waals surface area (Å²) in [5.74, 6) is -1.53. The van der Waals surface area contributed by atoms with Gasteiger partial charge in [0.15, 0.2) is 0 Å². The SMILES string of the molecule is CC(C)n1nc(-c2ccc(Cl)s2)c2cc(NC(=O)C3(C(=O)O)CC3)ccc21. The number of thiophene rings is 1. The van der Waals surface area contributed by atoms with E-state index in [1.54, 1.807) is 6.07 Å². The molecular formula is C19H18ClN3O3S. The number of nitrogens with one attached hydrogen (secondary N) is 1. The summed E-state index contributed by atoms with van der Waals surface area (Å²) in [5, 5.41) is 17.7. The smallest absolute Gasteiger partial charge is 0.319 e. The number of fused-ring (bicyclic) bond motifs is 1. The predicted molar refractivity (Wildman–Crippen MR) is 106 cm³/mol. The summed E-state index contributed by atoms with van der Waals surface area (Å²) in [7, 11) is 0. The fourth-order valence-corrected chi connectivity index (χ4v) is 4.19. The number of hydrogen-bond acceptors (Lipinski definition) is 4. The van der Waals surface area contributed by atoms with Crippen molar-refractivity contribution >= 4 is 51.4 Å². The van der Waals surface area contributed by atoms with Gasteiger partial charge in [-0.2, -0.15) is 5.10 Å². The molecule has 1 aromatic carbocycles. The van der Waals surface area contributed by atoms with E-state index in [9.17, 15) is 14.7 Å². The number of carbonyl (C=O) groups excluding carboxylic acids is 1. The molecule has 0 unspecified atom stereocenters. The molecule has 3 aromatic rings. The zero-order chi connectivity index (χ0) is 19.3. The van der Waals surface area contributed by atoms with Crippen LogP contribution in [0.3, 0.4) is 0 Å². The number of nitrogens with zero attached hydrogens (tertiary/aromatic N) is 2. The molecular weight excluding hydrogens is 386 g/mol. The van der Waals surface area contributed by atoms with Crippen LogP contribution in [0.2, 0.25) is 4.34 Å². The Balaban J connectivity index is 1.77. The van der Waals surface area contributed by atoms with Gasteiger partial charge in [0, 0.05) is 17.1 Å². The average Bonchev–Trinajstić information content (AvgIpc) is 3.20. The second-order valence-electron chi connectivity index (χ2n) is 7.06. The van der Waals surface area contributed by atoms with Gasteiger partial charge >= 0.3 is 5.97 Å². The summed E-state index contributed by atoms with van der Waals surface area (Å²) in [6.07, 6.45) is 0.751. The van der Waals surface area contributed by atoms with Crippen LogP contribution in [0.5, 0.6) is 0 Å². The standard InChI is InChI=1S/C19H18ClN3O3S/c1-10(2)23-13-4-3-11(21-17(24)19(7-8-19)18(25)26)9-12(13)16(22-23)14-5-6-15(20)27-14/h3-6,9-10H,7-8H2,1-2H3,(H,21,24)(H,25,26). The minimum atomic E-state index is -1.28. The fourth-order valence-electron chi connectivity index (χ4n) is 3.15. The number of anilines is 1. The van der Waals surface area contributed by atoms with Gasteiger partial charge in [0.05, 0.1) is 14.7 Å². The Morgan fingerprint density at radius 1 is 1.30 bits per heavy atom. The third-order valence-corrected chi connectivity index (χ3v) is 6.09. The van der Waals surface area contributed by atoms with Crippen molar-refractivity contribution in [2.45, 2.75) is 32.7 Å². The van der Waals surface area contributed by atoms with Gasteiger partial charge in [-0.15, -0.1) is 11.3 Å². The third kappa shape index (κ3) is 3.00. The number of aliphatic carboxylic acids is 1. The molecule has 1 saturated carbocycles. The Bertz CT molecular complexity index is 1070. The first-order chi connectivity index (χ1) is 12.8. The molecule has 0 saturated heterocycles. The molecule has 2 heterocycles. The highest BCUT2D eigenvalue weighted by atomic mass is 35.5. The number of benzene rings is 1. The van der Waals surface area contributed by atoms with Crippen LogP contribution >= 0.6 is 22.9 Å². The number of rotatable bonds is 5. The second-order valence-corrected chi connectivity index (χ2v) is 8.78. The lowest BCUT2D eigenvalue weighted by Gasteiger charge is -2.11. The lowest BCUT2D eigenvalue weighted by atomic mass is 10.1. The second kappa shape index (κ2) is 6.35. The average molecular weight is 404 g/mol. The monoisotopic (exact) mass is 403 g/mol. The van der Waals surface area contributed by atoms with Crippen LogP contribution in [-0.4, -0.2) is 26.8 Å². The van der Waals surface area contributed by atoms with Gasteiger partial charge < -0.3 is 10.4 Å². The van der Waals surface area contributed by atoms with E-state index in [0.717, 1.165) is 21.5 Å². The van der Waals surface area contributed by atoms with Gasteiger partial charge in [0.1, 0.15) is 11.1 Å². The minimum absolute atomic E-state index is 0.166. The van der Waals surface area contributed by atoms with Crippen molar-refractivity contribution in [3.05, 3.63) is 34.7 Å². The minimum Gasteiger partial charge on any atom is -0.480 e. The van der Waals surface area contributed by atoms with Gasteiger partial charge in [0.2, 0.25) is 5.91 Å². The van der Waals surface area contributed by atoms with Crippen LogP contribution in [0.15, 0.2) is 30.3 Å². The maximum atomic E-state index is 12.4. The molecule has 0 spiro atoms. The molecule has 0 radical (unpaired) electrons.